The van der Waals surface area contributed by atoms with Crippen LogP contribution in [0.1, 0.15) is 89.3 Å². The highest BCUT2D eigenvalue weighted by atomic mass is 32.2. The van der Waals surface area contributed by atoms with E-state index in [9.17, 15) is 22.8 Å². The number of allylic oxidation sites excluding steroid dienone is 1. The standard InChI is InChI=1S/C39H50N6O7S/c1-23(2)30-14-18-45(42-30)33-21-32(27-12-13-31(51-6)24(3)34(27)40-33)52-26-19-28-29(20-26)36(47)44(5)17-10-8-7-9-11-25-22-39(25,41-35(28)46)37(48)43-53(49,50)38(4)15-16-38/h9,11-14,18,21,23,25-26,28-29H,7-8,10,15-17,19-20,22H2,1-6H3,(H,41,46)(H,43,48)/b11-9+. The van der Waals surface area contributed by atoms with Gasteiger partial charge in [-0.05, 0) is 89.3 Å². The van der Waals surface area contributed by atoms with Gasteiger partial charge in [0.25, 0.3) is 5.91 Å². The third kappa shape index (κ3) is 6.90. The quantitative estimate of drug-likeness (QED) is 0.311. The molecule has 1 aliphatic heterocycles. The molecule has 0 radical (unpaired) electrons. The van der Waals surface area contributed by atoms with Crippen molar-refractivity contribution in [1.29, 1.82) is 0 Å². The van der Waals surface area contributed by atoms with Gasteiger partial charge in [0.05, 0.1) is 34.9 Å². The van der Waals surface area contributed by atoms with Gasteiger partial charge in [-0.1, -0.05) is 26.0 Å². The molecule has 3 fully saturated rings. The Morgan fingerprint density at radius 2 is 1.85 bits per heavy atom. The number of hydrogen-bond donors (Lipinski definition) is 2. The number of rotatable bonds is 8. The average Bonchev–Trinajstić information content (AvgIpc) is 3.89. The van der Waals surface area contributed by atoms with Gasteiger partial charge in [0, 0.05) is 42.7 Å². The molecule has 14 heteroatoms. The fourth-order valence-electron chi connectivity index (χ4n) is 7.75. The molecule has 3 heterocycles. The van der Waals surface area contributed by atoms with Crippen molar-refractivity contribution in [3.63, 3.8) is 0 Å². The first-order valence-corrected chi connectivity index (χ1v) is 20.2. The number of sulfonamides is 1. The first-order chi connectivity index (χ1) is 25.2. The Bertz CT molecular complexity index is 2090. The lowest BCUT2D eigenvalue weighted by molar-refractivity contribution is -0.140. The first kappa shape index (κ1) is 36.9. The molecule has 0 bridgehead atoms. The van der Waals surface area contributed by atoms with Crippen molar-refractivity contribution in [1.82, 2.24) is 29.7 Å². The average molecular weight is 747 g/mol. The molecule has 2 N–H and O–H groups in total. The summed E-state index contributed by atoms with van der Waals surface area (Å²) in [5.74, 6) is -1.22. The second-order valence-corrected chi connectivity index (χ2v) is 18.1. The van der Waals surface area contributed by atoms with Crippen molar-refractivity contribution < 1.29 is 32.3 Å². The lowest BCUT2D eigenvalue weighted by Crippen LogP contribution is -2.55. The zero-order valence-electron chi connectivity index (χ0n) is 31.3. The molecule has 3 saturated carbocycles. The van der Waals surface area contributed by atoms with Crippen LogP contribution in [0.3, 0.4) is 0 Å². The monoisotopic (exact) mass is 746 g/mol. The second-order valence-electron chi connectivity index (χ2n) is 15.9. The molecule has 13 nitrogen and oxygen atoms in total. The second kappa shape index (κ2) is 13.7. The van der Waals surface area contributed by atoms with E-state index in [0.29, 0.717) is 42.2 Å². The highest BCUT2D eigenvalue weighted by molar-refractivity contribution is 7.91. The summed E-state index contributed by atoms with van der Waals surface area (Å²) in [6.45, 7) is 8.25. The maximum absolute atomic E-state index is 14.3. The zero-order valence-corrected chi connectivity index (χ0v) is 32.2. The maximum atomic E-state index is 14.3. The van der Waals surface area contributed by atoms with Gasteiger partial charge in [0.1, 0.15) is 23.1 Å². The molecule has 1 aromatic carbocycles. The van der Waals surface area contributed by atoms with Crippen molar-refractivity contribution in [2.45, 2.75) is 101 Å². The smallest absolute Gasteiger partial charge is 0.259 e. The predicted molar refractivity (Wildman–Crippen MR) is 199 cm³/mol. The van der Waals surface area contributed by atoms with Gasteiger partial charge in [-0.2, -0.15) is 5.10 Å². The zero-order chi connectivity index (χ0) is 37.9. The number of nitrogens with one attached hydrogen (secondary N) is 2. The third-order valence-electron chi connectivity index (χ3n) is 11.7. The molecule has 2 aromatic heterocycles. The Hall–Kier alpha value is -4.46. The van der Waals surface area contributed by atoms with Crippen LogP contribution in [-0.4, -0.2) is 82.9 Å². The normalized spacial score (nSPS) is 27.7. The summed E-state index contributed by atoms with van der Waals surface area (Å²) in [4.78, 5) is 48.8. The number of aryl methyl sites for hydroxylation is 1. The number of methoxy groups -OCH3 is 1. The SMILES string of the molecule is COc1ccc2c(OC3CC4C(=O)NC5(C(=O)NS(=O)(=O)C6(C)CC6)CC5/C=C/CCCCN(C)C(=O)C4C3)cc(-n3ccc(C(C)C)n3)nc2c1C. The summed E-state index contributed by atoms with van der Waals surface area (Å²) < 4.78 is 41.6. The van der Waals surface area contributed by atoms with E-state index in [1.165, 1.54) is 0 Å². The summed E-state index contributed by atoms with van der Waals surface area (Å²) in [5, 5.41) is 8.47. The van der Waals surface area contributed by atoms with Gasteiger partial charge in [0.15, 0.2) is 5.82 Å². The largest absolute Gasteiger partial charge is 0.496 e. The van der Waals surface area contributed by atoms with Crippen LogP contribution in [0.25, 0.3) is 16.7 Å². The van der Waals surface area contributed by atoms with Crippen LogP contribution < -0.4 is 19.5 Å². The van der Waals surface area contributed by atoms with Gasteiger partial charge in [-0.3, -0.25) is 19.1 Å². The number of nitrogens with zero attached hydrogens (tertiary/aromatic N) is 4. The lowest BCUT2D eigenvalue weighted by atomic mass is 9.93. The molecule has 3 amide bonds. The number of aromatic nitrogens is 3. The van der Waals surface area contributed by atoms with Gasteiger partial charge >= 0.3 is 0 Å². The van der Waals surface area contributed by atoms with E-state index in [2.05, 4.69) is 23.9 Å². The molecule has 0 spiro atoms. The molecule has 5 unspecified atom stereocenters. The van der Waals surface area contributed by atoms with Crippen LogP contribution >= 0.6 is 0 Å². The highest BCUT2D eigenvalue weighted by Crippen LogP contribution is 2.48. The number of carbonyl (C=O) groups is 3. The molecule has 3 aromatic rings. The number of carbonyl (C=O) groups excluding carboxylic acids is 3. The molecule has 4 aliphatic rings. The van der Waals surface area contributed by atoms with Crippen LogP contribution in [0, 0.1) is 24.7 Å². The summed E-state index contributed by atoms with van der Waals surface area (Å²) in [6.07, 6.45) is 9.33. The van der Waals surface area contributed by atoms with E-state index in [1.54, 1.807) is 30.7 Å². The fourth-order valence-corrected chi connectivity index (χ4v) is 9.06. The van der Waals surface area contributed by atoms with Crippen LogP contribution in [0.15, 0.2) is 42.6 Å². The minimum absolute atomic E-state index is 0.155. The minimum Gasteiger partial charge on any atom is -0.496 e. The first-order valence-electron chi connectivity index (χ1n) is 18.7. The van der Waals surface area contributed by atoms with Crippen molar-refractivity contribution in [2.24, 2.45) is 17.8 Å². The predicted octanol–water partition coefficient (Wildman–Crippen LogP) is 4.71. The lowest BCUT2D eigenvalue weighted by Gasteiger charge is -2.27. The van der Waals surface area contributed by atoms with E-state index in [1.807, 2.05) is 49.5 Å². The Morgan fingerprint density at radius 3 is 2.55 bits per heavy atom. The number of pyridine rings is 1. The molecule has 5 atom stereocenters. The number of ether oxygens (including phenoxy) is 2. The molecule has 0 saturated heterocycles. The summed E-state index contributed by atoms with van der Waals surface area (Å²) in [6, 6.07) is 7.55. The molecular weight excluding hydrogens is 697 g/mol. The van der Waals surface area contributed by atoms with Crippen molar-refractivity contribution in [3.05, 3.63) is 53.9 Å². The van der Waals surface area contributed by atoms with Crippen LogP contribution in [0.5, 0.6) is 11.5 Å². The van der Waals surface area contributed by atoms with Crippen LogP contribution in [0.4, 0.5) is 0 Å². The maximum Gasteiger partial charge on any atom is 0.259 e. The summed E-state index contributed by atoms with van der Waals surface area (Å²) >= 11 is 0. The number of amides is 3. The summed E-state index contributed by atoms with van der Waals surface area (Å²) in [5.41, 5.74) is 1.01. The minimum atomic E-state index is -3.93. The highest BCUT2D eigenvalue weighted by Gasteiger charge is 2.63. The van der Waals surface area contributed by atoms with E-state index >= 15 is 0 Å². The van der Waals surface area contributed by atoms with E-state index < -0.39 is 50.1 Å². The Labute approximate surface area is 310 Å². The fraction of sp³-hybridized carbons (Fsp3) is 0.564. The van der Waals surface area contributed by atoms with E-state index in [-0.39, 0.29) is 37.0 Å². The Kier molecular flexibility index (Phi) is 9.57. The molecule has 7 rings (SSSR count). The number of hydrogen-bond acceptors (Lipinski definition) is 9. The third-order valence-corrected chi connectivity index (χ3v) is 13.9. The molecule has 53 heavy (non-hydrogen) atoms. The van der Waals surface area contributed by atoms with E-state index in [4.69, 9.17) is 19.6 Å². The van der Waals surface area contributed by atoms with Gasteiger partial charge in [-0.25, -0.2) is 18.1 Å². The molecule has 284 valence electrons. The topological polar surface area (TPSA) is 162 Å². The van der Waals surface area contributed by atoms with Crippen LogP contribution in [0.2, 0.25) is 0 Å². The van der Waals surface area contributed by atoms with Crippen molar-refractivity contribution in [3.8, 4) is 17.3 Å². The number of benzene rings is 1. The van der Waals surface area contributed by atoms with Gasteiger partial charge in [-0.15, -0.1) is 0 Å². The van der Waals surface area contributed by atoms with Crippen LogP contribution in [-0.2, 0) is 24.4 Å². The molecule has 3 aliphatic carbocycles. The van der Waals surface area contributed by atoms with Gasteiger partial charge < -0.3 is 19.7 Å². The Balaban J connectivity index is 1.21. The van der Waals surface area contributed by atoms with Crippen molar-refractivity contribution in [2.75, 3.05) is 20.7 Å². The number of fused-ring (bicyclic) bond motifs is 3. The van der Waals surface area contributed by atoms with Gasteiger partial charge in [0.2, 0.25) is 21.8 Å². The summed E-state index contributed by atoms with van der Waals surface area (Å²) in [7, 11) is -0.557. The van der Waals surface area contributed by atoms with E-state index in [0.717, 1.165) is 35.9 Å². The molecular formula is C39H50N6O7S. The van der Waals surface area contributed by atoms with Crippen molar-refractivity contribution >= 4 is 38.6 Å². The Morgan fingerprint density at radius 1 is 1.09 bits per heavy atom.